The van der Waals surface area contributed by atoms with Crippen LogP contribution in [0.2, 0.25) is 0 Å². The van der Waals surface area contributed by atoms with Gasteiger partial charge in [0.2, 0.25) is 10.0 Å². The molecule has 0 aliphatic carbocycles. The Kier molecular flexibility index (Phi) is 8.47. The summed E-state index contributed by atoms with van der Waals surface area (Å²) in [6.07, 6.45) is 0.875. The lowest BCUT2D eigenvalue weighted by molar-refractivity contribution is 0.580. The molecule has 7 heteroatoms. The molecular weight excluding hydrogens is 372 g/mol. The summed E-state index contributed by atoms with van der Waals surface area (Å²) in [4.78, 5) is 4.15. The average molecular weight is 403 g/mol. The lowest BCUT2D eigenvalue weighted by Gasteiger charge is -2.13. The molecule has 0 aliphatic rings. The van der Waals surface area contributed by atoms with Crippen molar-refractivity contribution in [3.63, 3.8) is 0 Å². The summed E-state index contributed by atoms with van der Waals surface area (Å²) in [5, 5.41) is 6.28. The second kappa shape index (κ2) is 10.8. The van der Waals surface area contributed by atoms with Gasteiger partial charge in [0.15, 0.2) is 5.96 Å². The van der Waals surface area contributed by atoms with Gasteiger partial charge in [0.1, 0.15) is 0 Å². The zero-order valence-corrected chi connectivity index (χ0v) is 17.6. The van der Waals surface area contributed by atoms with E-state index in [1.165, 1.54) is 16.7 Å². The molecule has 0 atom stereocenters. The van der Waals surface area contributed by atoms with E-state index in [0.29, 0.717) is 12.5 Å². The van der Waals surface area contributed by atoms with E-state index in [-0.39, 0.29) is 12.3 Å². The largest absolute Gasteiger partial charge is 0.356 e. The Morgan fingerprint density at radius 1 is 0.929 bits per heavy atom. The van der Waals surface area contributed by atoms with Crippen LogP contribution in [0.15, 0.2) is 53.5 Å². The topological polar surface area (TPSA) is 82.6 Å². The number of sulfonamides is 1. The average Bonchev–Trinajstić information content (AvgIpc) is 2.65. The molecule has 0 spiro atoms. The van der Waals surface area contributed by atoms with Crippen LogP contribution in [0.4, 0.5) is 0 Å². The fourth-order valence-electron chi connectivity index (χ4n) is 2.92. The smallest absolute Gasteiger partial charge is 0.213 e. The number of hydrogen-bond donors (Lipinski definition) is 3. The fraction of sp³-hybridized carbons (Fsp3) is 0.381. The third kappa shape index (κ3) is 8.10. The van der Waals surface area contributed by atoms with Crippen LogP contribution in [0, 0.1) is 13.8 Å². The highest BCUT2D eigenvalue weighted by Crippen LogP contribution is 2.08. The Bertz CT molecular complexity index is 860. The SMILES string of the molecule is CN=C(NCCc1cc(C)cc(C)c1)NCCS(=O)(=O)NCc1ccccc1. The second-order valence-electron chi connectivity index (χ2n) is 6.80. The van der Waals surface area contributed by atoms with Crippen LogP contribution in [0.3, 0.4) is 0 Å². The first-order valence-electron chi connectivity index (χ1n) is 9.41. The van der Waals surface area contributed by atoms with E-state index in [1.807, 2.05) is 30.3 Å². The lowest BCUT2D eigenvalue weighted by Crippen LogP contribution is -2.41. The molecule has 0 radical (unpaired) electrons. The van der Waals surface area contributed by atoms with Gasteiger partial charge in [0.05, 0.1) is 5.75 Å². The Morgan fingerprint density at radius 3 is 2.21 bits per heavy atom. The summed E-state index contributed by atoms with van der Waals surface area (Å²) in [6, 6.07) is 16.0. The van der Waals surface area contributed by atoms with Crippen LogP contribution in [-0.4, -0.2) is 40.3 Å². The zero-order chi connectivity index (χ0) is 20.4. The molecule has 0 unspecified atom stereocenters. The van der Waals surface area contributed by atoms with Gasteiger partial charge in [-0.05, 0) is 31.4 Å². The third-order valence-electron chi connectivity index (χ3n) is 4.21. The minimum Gasteiger partial charge on any atom is -0.356 e. The molecule has 0 aliphatic heterocycles. The highest BCUT2D eigenvalue weighted by atomic mass is 32.2. The fourth-order valence-corrected chi connectivity index (χ4v) is 3.83. The van der Waals surface area contributed by atoms with E-state index < -0.39 is 10.0 Å². The summed E-state index contributed by atoms with van der Waals surface area (Å²) in [7, 11) is -1.68. The summed E-state index contributed by atoms with van der Waals surface area (Å²) < 4.78 is 26.9. The normalized spacial score (nSPS) is 12.0. The van der Waals surface area contributed by atoms with Gasteiger partial charge in [-0.2, -0.15) is 0 Å². The number of rotatable bonds is 9. The number of benzene rings is 2. The van der Waals surface area contributed by atoms with Crippen molar-refractivity contribution in [3.8, 4) is 0 Å². The molecule has 0 heterocycles. The molecule has 2 aromatic carbocycles. The van der Waals surface area contributed by atoms with Crippen molar-refractivity contribution >= 4 is 16.0 Å². The van der Waals surface area contributed by atoms with Crippen LogP contribution in [0.5, 0.6) is 0 Å². The highest BCUT2D eigenvalue weighted by molar-refractivity contribution is 7.89. The van der Waals surface area contributed by atoms with Crippen LogP contribution < -0.4 is 15.4 Å². The van der Waals surface area contributed by atoms with Gasteiger partial charge >= 0.3 is 0 Å². The number of aryl methyl sites for hydroxylation is 2. The summed E-state index contributed by atoms with van der Waals surface area (Å²) >= 11 is 0. The molecule has 0 bridgehead atoms. The molecule has 0 saturated carbocycles. The van der Waals surface area contributed by atoms with E-state index in [4.69, 9.17) is 0 Å². The number of nitrogens with zero attached hydrogens (tertiary/aromatic N) is 1. The van der Waals surface area contributed by atoms with Crippen molar-refractivity contribution < 1.29 is 8.42 Å². The maximum Gasteiger partial charge on any atom is 0.213 e. The Balaban J connectivity index is 1.71. The molecule has 28 heavy (non-hydrogen) atoms. The molecule has 6 nitrogen and oxygen atoms in total. The number of aliphatic imine (C=N–C) groups is 1. The maximum absolute atomic E-state index is 12.1. The summed E-state index contributed by atoms with van der Waals surface area (Å²) in [5.41, 5.74) is 4.72. The first-order valence-corrected chi connectivity index (χ1v) is 11.1. The standard InChI is InChI=1S/C21H30N4O2S/c1-17-13-18(2)15-20(14-17)9-10-23-21(22-3)24-11-12-28(26,27)25-16-19-7-5-4-6-8-19/h4-8,13-15,25H,9-12,16H2,1-3H3,(H2,22,23,24). The van der Waals surface area contributed by atoms with Crippen molar-refractivity contribution in [2.24, 2.45) is 4.99 Å². The Morgan fingerprint density at radius 2 is 1.57 bits per heavy atom. The molecule has 0 fully saturated rings. The molecule has 0 aromatic heterocycles. The maximum atomic E-state index is 12.1. The van der Waals surface area contributed by atoms with E-state index >= 15 is 0 Å². The van der Waals surface area contributed by atoms with Crippen LogP contribution in [-0.2, 0) is 23.0 Å². The quantitative estimate of drug-likeness (QED) is 0.443. The monoisotopic (exact) mass is 402 g/mol. The molecule has 2 rings (SSSR count). The lowest BCUT2D eigenvalue weighted by atomic mass is 10.1. The van der Waals surface area contributed by atoms with Gasteiger partial charge < -0.3 is 10.6 Å². The van der Waals surface area contributed by atoms with Crippen molar-refractivity contribution in [1.29, 1.82) is 0 Å². The van der Waals surface area contributed by atoms with E-state index in [9.17, 15) is 8.42 Å². The predicted molar refractivity (Wildman–Crippen MR) is 116 cm³/mol. The molecule has 0 saturated heterocycles. The zero-order valence-electron chi connectivity index (χ0n) is 16.8. The van der Waals surface area contributed by atoms with Crippen molar-refractivity contribution in [1.82, 2.24) is 15.4 Å². The minimum atomic E-state index is -3.35. The van der Waals surface area contributed by atoms with Gasteiger partial charge in [-0.1, -0.05) is 59.7 Å². The summed E-state index contributed by atoms with van der Waals surface area (Å²) in [6.45, 7) is 5.49. The van der Waals surface area contributed by atoms with Gasteiger partial charge in [0, 0.05) is 26.7 Å². The van der Waals surface area contributed by atoms with Crippen LogP contribution in [0.1, 0.15) is 22.3 Å². The van der Waals surface area contributed by atoms with Crippen LogP contribution >= 0.6 is 0 Å². The Hall–Kier alpha value is -2.38. The molecule has 2 aromatic rings. The predicted octanol–water partition coefficient (Wildman–Crippen LogP) is 2.13. The minimum absolute atomic E-state index is 0.0163. The first kappa shape index (κ1) is 21.9. The third-order valence-corrected chi connectivity index (χ3v) is 5.54. The van der Waals surface area contributed by atoms with Gasteiger partial charge in [-0.25, -0.2) is 13.1 Å². The molecule has 3 N–H and O–H groups in total. The molecule has 152 valence electrons. The van der Waals surface area contributed by atoms with E-state index in [0.717, 1.165) is 18.5 Å². The van der Waals surface area contributed by atoms with Crippen molar-refractivity contribution in [2.75, 3.05) is 25.9 Å². The molecular formula is C21H30N4O2S. The Labute approximate surface area is 168 Å². The highest BCUT2D eigenvalue weighted by Gasteiger charge is 2.10. The van der Waals surface area contributed by atoms with E-state index in [2.05, 4.69) is 52.4 Å². The number of guanidine groups is 1. The van der Waals surface area contributed by atoms with Crippen LogP contribution in [0.25, 0.3) is 0 Å². The second-order valence-corrected chi connectivity index (χ2v) is 8.72. The van der Waals surface area contributed by atoms with Crippen molar-refractivity contribution in [3.05, 3.63) is 70.8 Å². The van der Waals surface area contributed by atoms with Gasteiger partial charge in [0.25, 0.3) is 0 Å². The van der Waals surface area contributed by atoms with E-state index in [1.54, 1.807) is 7.05 Å². The first-order chi connectivity index (χ1) is 13.4. The van der Waals surface area contributed by atoms with Gasteiger partial charge in [-0.3, -0.25) is 4.99 Å². The number of nitrogens with one attached hydrogen (secondary N) is 3. The molecule has 0 amide bonds. The van der Waals surface area contributed by atoms with Gasteiger partial charge in [-0.15, -0.1) is 0 Å². The van der Waals surface area contributed by atoms with Crippen molar-refractivity contribution in [2.45, 2.75) is 26.8 Å². The number of hydrogen-bond acceptors (Lipinski definition) is 3. The summed E-state index contributed by atoms with van der Waals surface area (Å²) in [5.74, 6) is 0.583.